The molecule has 0 saturated carbocycles. The van der Waals surface area contributed by atoms with E-state index in [1.165, 1.54) is 10.8 Å². The molecule has 0 fully saturated rings. The third kappa shape index (κ3) is 2.54. The molecule has 0 aromatic heterocycles. The van der Waals surface area contributed by atoms with Gasteiger partial charge in [-0.2, -0.15) is 0 Å². The van der Waals surface area contributed by atoms with Crippen LogP contribution in [0.4, 0.5) is 11.4 Å². The molecule has 3 aromatic rings. The summed E-state index contributed by atoms with van der Waals surface area (Å²) in [6.45, 7) is 2.97. The van der Waals surface area contributed by atoms with Gasteiger partial charge in [0.05, 0.1) is 11.4 Å². The molecule has 3 aromatic carbocycles. The van der Waals surface area contributed by atoms with E-state index < -0.39 is 0 Å². The fraction of sp³-hybridized carbons (Fsp3) is 0.0952. The van der Waals surface area contributed by atoms with E-state index >= 15 is 0 Å². The van der Waals surface area contributed by atoms with Crippen LogP contribution in [0.3, 0.4) is 0 Å². The maximum absolute atomic E-state index is 6.05. The smallest absolute Gasteiger partial charge is 0.202 e. The first-order valence-corrected chi connectivity index (χ1v) is 8.13. The molecule has 118 valence electrons. The summed E-state index contributed by atoms with van der Waals surface area (Å²) >= 11 is 0. The highest BCUT2D eigenvalue weighted by Gasteiger charge is 2.26. The Morgan fingerprint density at radius 3 is 2.58 bits per heavy atom. The van der Waals surface area contributed by atoms with E-state index in [-0.39, 0.29) is 0 Å². The Bertz CT molecular complexity index is 929. The average Bonchev–Trinajstić information content (AvgIpc) is 3.00. The molecule has 0 spiro atoms. The highest BCUT2D eigenvalue weighted by Crippen LogP contribution is 2.43. The summed E-state index contributed by atoms with van der Waals surface area (Å²) in [5.41, 5.74) is 2.06. The first-order valence-electron chi connectivity index (χ1n) is 8.13. The minimum Gasteiger partial charge on any atom is -0.439 e. The van der Waals surface area contributed by atoms with Gasteiger partial charge in [-0.1, -0.05) is 48.5 Å². The molecule has 1 aliphatic heterocycles. The van der Waals surface area contributed by atoms with Crippen molar-refractivity contribution in [2.75, 3.05) is 11.4 Å². The number of para-hydroxylation sites is 1. The minimum absolute atomic E-state index is 0.809. The van der Waals surface area contributed by atoms with Gasteiger partial charge in [0.15, 0.2) is 5.75 Å². The third-order valence-electron chi connectivity index (χ3n) is 4.13. The number of benzene rings is 3. The normalized spacial score (nSPS) is 15.2. The van der Waals surface area contributed by atoms with Crippen molar-refractivity contribution in [1.29, 1.82) is 0 Å². The average molecular weight is 314 g/mol. The molecule has 0 N–H and O–H groups in total. The minimum atomic E-state index is 0.809. The number of anilines is 1. The highest BCUT2D eigenvalue weighted by atomic mass is 16.5. The number of aliphatic imine (C=N–C) groups is 1. The fourth-order valence-corrected chi connectivity index (χ4v) is 3.01. The molecule has 3 nitrogen and oxygen atoms in total. The molecule has 0 atom stereocenters. The summed E-state index contributed by atoms with van der Waals surface area (Å²) in [4.78, 5) is 6.64. The lowest BCUT2D eigenvalue weighted by atomic mass is 10.1. The van der Waals surface area contributed by atoms with Gasteiger partial charge in [-0.05, 0) is 30.5 Å². The number of hydrogen-bond donors (Lipinski definition) is 0. The molecular formula is C21H18N2O. The van der Waals surface area contributed by atoms with Crippen molar-refractivity contribution >= 4 is 28.4 Å². The number of allylic oxidation sites excluding steroid dienone is 1. The van der Waals surface area contributed by atoms with E-state index in [9.17, 15) is 0 Å². The van der Waals surface area contributed by atoms with Crippen molar-refractivity contribution in [3.63, 3.8) is 0 Å². The van der Waals surface area contributed by atoms with Crippen LogP contribution in [0.25, 0.3) is 10.8 Å². The van der Waals surface area contributed by atoms with Crippen LogP contribution >= 0.6 is 0 Å². The predicted octanol–water partition coefficient (Wildman–Crippen LogP) is 5.30. The lowest BCUT2D eigenvalue weighted by Crippen LogP contribution is -2.19. The molecule has 0 bridgehead atoms. The van der Waals surface area contributed by atoms with E-state index in [0.717, 1.165) is 29.6 Å². The van der Waals surface area contributed by atoms with Crippen LogP contribution in [0.1, 0.15) is 6.92 Å². The summed E-state index contributed by atoms with van der Waals surface area (Å²) in [5, 5.41) is 2.43. The Labute approximate surface area is 141 Å². The van der Waals surface area contributed by atoms with Crippen LogP contribution in [-0.2, 0) is 0 Å². The lowest BCUT2D eigenvalue weighted by Gasteiger charge is -2.16. The zero-order valence-electron chi connectivity index (χ0n) is 13.5. The van der Waals surface area contributed by atoms with Gasteiger partial charge in [-0.15, -0.1) is 0 Å². The zero-order valence-corrected chi connectivity index (χ0v) is 13.5. The summed E-state index contributed by atoms with van der Waals surface area (Å²) in [6, 6.07) is 22.4. The van der Waals surface area contributed by atoms with Gasteiger partial charge in [0, 0.05) is 24.2 Å². The SMILES string of the molecule is CCN1/C(=C/C=Nc2ccccc2)Oc2ccc3ccccc3c21. The van der Waals surface area contributed by atoms with Crippen LogP contribution < -0.4 is 9.64 Å². The van der Waals surface area contributed by atoms with E-state index in [1.807, 2.05) is 42.5 Å². The van der Waals surface area contributed by atoms with Gasteiger partial charge >= 0.3 is 0 Å². The molecule has 24 heavy (non-hydrogen) atoms. The first-order chi connectivity index (χ1) is 11.9. The van der Waals surface area contributed by atoms with E-state index in [2.05, 4.69) is 47.1 Å². The quantitative estimate of drug-likeness (QED) is 0.613. The number of ether oxygens (including phenoxy) is 1. The van der Waals surface area contributed by atoms with E-state index in [1.54, 1.807) is 6.21 Å². The molecule has 0 amide bonds. The summed E-state index contributed by atoms with van der Waals surface area (Å²) in [5.74, 6) is 1.71. The zero-order chi connectivity index (χ0) is 16.4. The van der Waals surface area contributed by atoms with Crippen molar-refractivity contribution < 1.29 is 4.74 Å². The number of hydrogen-bond acceptors (Lipinski definition) is 3. The summed E-state index contributed by atoms with van der Waals surface area (Å²) < 4.78 is 6.05. The Kier molecular flexibility index (Phi) is 3.75. The van der Waals surface area contributed by atoms with Crippen LogP contribution in [0.2, 0.25) is 0 Å². The monoisotopic (exact) mass is 314 g/mol. The van der Waals surface area contributed by atoms with Crippen molar-refractivity contribution in [3.8, 4) is 5.75 Å². The maximum Gasteiger partial charge on any atom is 0.202 e. The second kappa shape index (κ2) is 6.20. The number of nitrogens with zero attached hydrogens (tertiary/aromatic N) is 2. The topological polar surface area (TPSA) is 24.8 Å². The van der Waals surface area contributed by atoms with Crippen molar-refractivity contribution in [1.82, 2.24) is 0 Å². The lowest BCUT2D eigenvalue weighted by molar-refractivity contribution is 0.441. The van der Waals surface area contributed by atoms with Crippen LogP contribution in [0.15, 0.2) is 83.7 Å². The second-order valence-corrected chi connectivity index (χ2v) is 5.60. The molecule has 0 saturated heterocycles. The van der Waals surface area contributed by atoms with Crippen molar-refractivity contribution in [2.24, 2.45) is 4.99 Å². The third-order valence-corrected chi connectivity index (χ3v) is 4.13. The first kappa shape index (κ1) is 14.5. The summed E-state index contributed by atoms with van der Waals surface area (Å²) in [6.07, 6.45) is 3.71. The van der Waals surface area contributed by atoms with Gasteiger partial charge in [0.1, 0.15) is 0 Å². The van der Waals surface area contributed by atoms with Gasteiger partial charge in [-0.3, -0.25) is 4.99 Å². The van der Waals surface area contributed by atoms with Crippen LogP contribution in [-0.4, -0.2) is 12.8 Å². The predicted molar refractivity (Wildman–Crippen MR) is 100 cm³/mol. The van der Waals surface area contributed by atoms with Gasteiger partial charge in [0.2, 0.25) is 5.88 Å². The standard InChI is InChI=1S/C21H18N2O/c1-2-23-20(14-15-22-17-9-4-3-5-10-17)24-19-13-12-16-8-6-7-11-18(16)21(19)23/h3-15H,2H2,1H3/b20-14-,22-15?. The van der Waals surface area contributed by atoms with Gasteiger partial charge in [0.25, 0.3) is 0 Å². The number of rotatable bonds is 3. The number of fused-ring (bicyclic) bond motifs is 3. The molecule has 1 aliphatic rings. The molecular weight excluding hydrogens is 296 g/mol. The maximum atomic E-state index is 6.05. The molecule has 0 aliphatic carbocycles. The second-order valence-electron chi connectivity index (χ2n) is 5.60. The van der Waals surface area contributed by atoms with Gasteiger partial charge in [-0.25, -0.2) is 0 Å². The van der Waals surface area contributed by atoms with Crippen molar-refractivity contribution in [3.05, 3.63) is 78.7 Å². The Morgan fingerprint density at radius 2 is 1.75 bits per heavy atom. The highest BCUT2D eigenvalue weighted by molar-refractivity contribution is 5.99. The van der Waals surface area contributed by atoms with Gasteiger partial charge < -0.3 is 9.64 Å². The Balaban J connectivity index is 1.70. The molecule has 0 unspecified atom stereocenters. The molecule has 4 rings (SSSR count). The fourth-order valence-electron chi connectivity index (χ4n) is 3.01. The van der Waals surface area contributed by atoms with E-state index in [4.69, 9.17) is 4.74 Å². The largest absolute Gasteiger partial charge is 0.439 e. The Morgan fingerprint density at radius 1 is 0.958 bits per heavy atom. The van der Waals surface area contributed by atoms with Crippen LogP contribution in [0.5, 0.6) is 5.75 Å². The van der Waals surface area contributed by atoms with Crippen molar-refractivity contribution in [2.45, 2.75) is 6.92 Å². The van der Waals surface area contributed by atoms with Crippen LogP contribution in [0, 0.1) is 0 Å². The molecule has 1 heterocycles. The van der Waals surface area contributed by atoms with E-state index in [0.29, 0.717) is 0 Å². The molecule has 3 heteroatoms. The molecule has 0 radical (unpaired) electrons. The summed E-state index contributed by atoms with van der Waals surface area (Å²) in [7, 11) is 0. The Hall–Kier alpha value is -3.07.